The Morgan fingerprint density at radius 2 is 2.00 bits per heavy atom. The SMILES string of the molecule is Cc1cc(Cl)ccc1OCc1nc(-c2ccc3c(c2)[nH]c(=O)c(=O)n3CC(C)C)no1. The van der Waals surface area contributed by atoms with Gasteiger partial charge in [-0.25, -0.2) is 0 Å². The van der Waals surface area contributed by atoms with Gasteiger partial charge in [-0.15, -0.1) is 0 Å². The lowest BCUT2D eigenvalue weighted by Crippen LogP contribution is -2.37. The number of nitrogens with one attached hydrogen (secondary N) is 1. The van der Waals surface area contributed by atoms with Gasteiger partial charge in [-0.3, -0.25) is 9.59 Å². The molecule has 4 rings (SSSR count). The topological polar surface area (TPSA) is 103 Å². The second-order valence-corrected chi connectivity index (χ2v) is 8.14. The lowest BCUT2D eigenvalue weighted by molar-refractivity contribution is 0.242. The van der Waals surface area contributed by atoms with Gasteiger partial charge >= 0.3 is 11.1 Å². The molecule has 2 aromatic carbocycles. The molecular formula is C22H21ClN4O4. The fourth-order valence-electron chi connectivity index (χ4n) is 3.31. The van der Waals surface area contributed by atoms with Crippen molar-refractivity contribution < 1.29 is 9.26 Å². The quantitative estimate of drug-likeness (QED) is 0.455. The van der Waals surface area contributed by atoms with Crippen molar-refractivity contribution in [3.63, 3.8) is 0 Å². The van der Waals surface area contributed by atoms with E-state index in [0.29, 0.717) is 45.6 Å². The van der Waals surface area contributed by atoms with Crippen molar-refractivity contribution in [1.82, 2.24) is 19.7 Å². The summed E-state index contributed by atoms with van der Waals surface area (Å²) in [7, 11) is 0. The van der Waals surface area contributed by atoms with Gasteiger partial charge in [0.25, 0.3) is 5.89 Å². The Kier molecular flexibility index (Phi) is 5.65. The number of halogens is 1. The first kappa shape index (κ1) is 20.9. The molecule has 31 heavy (non-hydrogen) atoms. The summed E-state index contributed by atoms with van der Waals surface area (Å²) in [5, 5.41) is 4.64. The van der Waals surface area contributed by atoms with Crippen LogP contribution in [0.15, 0.2) is 50.5 Å². The molecule has 0 aliphatic heterocycles. The van der Waals surface area contributed by atoms with E-state index in [0.717, 1.165) is 5.56 Å². The minimum absolute atomic E-state index is 0.105. The number of rotatable bonds is 6. The van der Waals surface area contributed by atoms with Gasteiger partial charge < -0.3 is 18.8 Å². The van der Waals surface area contributed by atoms with Gasteiger partial charge in [0.05, 0.1) is 11.0 Å². The highest BCUT2D eigenvalue weighted by atomic mass is 35.5. The largest absolute Gasteiger partial charge is 0.483 e. The number of H-pyrrole nitrogens is 1. The summed E-state index contributed by atoms with van der Waals surface area (Å²) >= 11 is 5.96. The van der Waals surface area contributed by atoms with Crippen LogP contribution in [0.2, 0.25) is 5.02 Å². The van der Waals surface area contributed by atoms with Crippen LogP contribution >= 0.6 is 11.6 Å². The molecule has 2 aromatic heterocycles. The lowest BCUT2D eigenvalue weighted by atomic mass is 10.1. The van der Waals surface area contributed by atoms with Gasteiger partial charge in [0, 0.05) is 17.1 Å². The Morgan fingerprint density at radius 3 is 2.74 bits per heavy atom. The van der Waals surface area contributed by atoms with E-state index >= 15 is 0 Å². The molecule has 0 fully saturated rings. The second-order valence-electron chi connectivity index (χ2n) is 7.71. The summed E-state index contributed by atoms with van der Waals surface area (Å²) < 4.78 is 12.5. The Balaban J connectivity index is 1.61. The van der Waals surface area contributed by atoms with Gasteiger partial charge in [0.15, 0.2) is 6.61 Å². The molecule has 4 aromatic rings. The molecule has 0 radical (unpaired) electrons. The summed E-state index contributed by atoms with van der Waals surface area (Å²) in [4.78, 5) is 31.4. The Hall–Kier alpha value is -3.39. The van der Waals surface area contributed by atoms with Crippen molar-refractivity contribution in [3.8, 4) is 17.1 Å². The molecule has 0 atom stereocenters. The summed E-state index contributed by atoms with van der Waals surface area (Å²) in [5.74, 6) is 1.56. The molecule has 0 saturated carbocycles. The Labute approximate surface area is 182 Å². The molecule has 0 spiro atoms. The van der Waals surface area contributed by atoms with E-state index in [-0.39, 0.29) is 12.5 Å². The number of nitrogens with zero attached hydrogens (tertiary/aromatic N) is 3. The average molecular weight is 441 g/mol. The fraction of sp³-hybridized carbons (Fsp3) is 0.273. The molecule has 8 nitrogen and oxygen atoms in total. The first-order valence-electron chi connectivity index (χ1n) is 9.80. The zero-order valence-corrected chi connectivity index (χ0v) is 18.1. The monoisotopic (exact) mass is 440 g/mol. The number of hydrogen-bond donors (Lipinski definition) is 1. The highest BCUT2D eigenvalue weighted by Crippen LogP contribution is 2.24. The van der Waals surface area contributed by atoms with Crippen LogP contribution in [-0.4, -0.2) is 19.7 Å². The van der Waals surface area contributed by atoms with E-state index in [1.165, 1.54) is 4.57 Å². The summed E-state index contributed by atoms with van der Waals surface area (Å²) in [6.45, 7) is 6.43. The van der Waals surface area contributed by atoms with Gasteiger partial charge in [0.1, 0.15) is 5.75 Å². The normalized spacial score (nSPS) is 11.4. The minimum Gasteiger partial charge on any atom is -0.483 e. The Bertz CT molecular complexity index is 1370. The van der Waals surface area contributed by atoms with Crippen molar-refractivity contribution in [2.45, 2.75) is 33.9 Å². The van der Waals surface area contributed by atoms with E-state index in [2.05, 4.69) is 15.1 Å². The molecule has 0 bridgehead atoms. The summed E-state index contributed by atoms with van der Waals surface area (Å²) in [6.07, 6.45) is 0. The Morgan fingerprint density at radius 1 is 1.19 bits per heavy atom. The number of hydrogen-bond acceptors (Lipinski definition) is 6. The molecule has 2 heterocycles. The molecule has 1 N–H and O–H groups in total. The van der Waals surface area contributed by atoms with Gasteiger partial charge in [0.2, 0.25) is 5.82 Å². The molecule has 0 unspecified atom stereocenters. The van der Waals surface area contributed by atoms with Crippen molar-refractivity contribution in [1.29, 1.82) is 0 Å². The number of fused-ring (bicyclic) bond motifs is 1. The van der Waals surface area contributed by atoms with Crippen LogP contribution in [0.3, 0.4) is 0 Å². The van der Waals surface area contributed by atoms with E-state index in [1.807, 2.05) is 26.8 Å². The summed E-state index contributed by atoms with van der Waals surface area (Å²) in [5.41, 5.74) is 1.50. The van der Waals surface area contributed by atoms with Crippen molar-refractivity contribution in [2.24, 2.45) is 5.92 Å². The predicted molar refractivity (Wildman–Crippen MR) is 117 cm³/mol. The van der Waals surface area contributed by atoms with Crippen LogP contribution in [0, 0.1) is 12.8 Å². The highest BCUT2D eigenvalue weighted by molar-refractivity contribution is 6.30. The standard InChI is InChI=1S/C22H21ClN4O4/c1-12(2)10-27-17-6-4-14(9-16(17)24-21(28)22(27)29)20-25-19(31-26-20)11-30-18-7-5-15(23)8-13(18)3/h4-9,12H,10-11H2,1-3H3,(H,24,28). The predicted octanol–water partition coefficient (Wildman–Crippen LogP) is 3.94. The van der Waals surface area contributed by atoms with Gasteiger partial charge in [-0.05, 0) is 54.8 Å². The number of aryl methyl sites for hydroxylation is 1. The fourth-order valence-corrected chi connectivity index (χ4v) is 3.54. The molecule has 0 aliphatic carbocycles. The third kappa shape index (κ3) is 4.39. The van der Waals surface area contributed by atoms with Crippen molar-refractivity contribution in [3.05, 3.63) is 73.6 Å². The van der Waals surface area contributed by atoms with Gasteiger partial charge in [-0.2, -0.15) is 4.98 Å². The first-order valence-corrected chi connectivity index (χ1v) is 10.2. The van der Waals surface area contributed by atoms with Crippen LogP contribution in [0.5, 0.6) is 5.75 Å². The number of benzene rings is 2. The van der Waals surface area contributed by atoms with Gasteiger partial charge in [-0.1, -0.05) is 30.6 Å². The van der Waals surface area contributed by atoms with Crippen molar-refractivity contribution in [2.75, 3.05) is 0 Å². The molecule has 9 heteroatoms. The zero-order chi connectivity index (χ0) is 22.1. The van der Waals surface area contributed by atoms with E-state index in [4.69, 9.17) is 20.9 Å². The smallest absolute Gasteiger partial charge is 0.316 e. The van der Waals surface area contributed by atoms with Crippen LogP contribution in [-0.2, 0) is 13.2 Å². The van der Waals surface area contributed by atoms with Crippen LogP contribution in [0.1, 0.15) is 25.3 Å². The number of aromatic nitrogens is 4. The van der Waals surface area contributed by atoms with E-state index < -0.39 is 11.1 Å². The number of ether oxygens (including phenoxy) is 1. The van der Waals surface area contributed by atoms with E-state index in [9.17, 15) is 9.59 Å². The van der Waals surface area contributed by atoms with Crippen LogP contribution < -0.4 is 15.9 Å². The molecule has 0 saturated heterocycles. The molecular weight excluding hydrogens is 420 g/mol. The average Bonchev–Trinajstić information content (AvgIpc) is 3.19. The third-order valence-electron chi connectivity index (χ3n) is 4.74. The second kappa shape index (κ2) is 8.39. The zero-order valence-electron chi connectivity index (χ0n) is 17.3. The lowest BCUT2D eigenvalue weighted by Gasteiger charge is -2.12. The first-order chi connectivity index (χ1) is 14.8. The maximum absolute atomic E-state index is 12.3. The maximum atomic E-state index is 12.3. The van der Waals surface area contributed by atoms with Crippen LogP contribution in [0.4, 0.5) is 0 Å². The molecule has 0 amide bonds. The van der Waals surface area contributed by atoms with E-state index in [1.54, 1.807) is 30.3 Å². The van der Waals surface area contributed by atoms with Crippen LogP contribution in [0.25, 0.3) is 22.4 Å². The molecule has 160 valence electrons. The number of aromatic amines is 1. The third-order valence-corrected chi connectivity index (χ3v) is 4.97. The molecule has 0 aliphatic rings. The highest BCUT2D eigenvalue weighted by Gasteiger charge is 2.14. The maximum Gasteiger partial charge on any atom is 0.316 e. The summed E-state index contributed by atoms with van der Waals surface area (Å²) in [6, 6.07) is 10.6. The minimum atomic E-state index is -0.661. The van der Waals surface area contributed by atoms with Crippen molar-refractivity contribution >= 4 is 22.6 Å².